The fraction of sp³-hybridized carbons (Fsp3) is 0.375. The van der Waals surface area contributed by atoms with Crippen LogP contribution in [0.25, 0.3) is 6.08 Å². The molecule has 1 heterocycles. The van der Waals surface area contributed by atoms with Gasteiger partial charge < -0.3 is 14.8 Å². The third-order valence-corrected chi connectivity index (χ3v) is 4.94. The Bertz CT molecular complexity index is 877. The lowest BCUT2D eigenvalue weighted by Gasteiger charge is -2.35. The molecule has 1 fully saturated rings. The Labute approximate surface area is 181 Å². The van der Waals surface area contributed by atoms with E-state index in [9.17, 15) is 13.6 Å². The lowest BCUT2D eigenvalue weighted by atomic mass is 10.1. The zero-order valence-corrected chi connectivity index (χ0v) is 17.8. The van der Waals surface area contributed by atoms with Crippen molar-refractivity contribution < 1.29 is 23.0 Å². The second kappa shape index (κ2) is 11.0. The molecule has 3 rings (SSSR count). The van der Waals surface area contributed by atoms with Crippen LogP contribution in [0, 0.1) is 0 Å². The van der Waals surface area contributed by atoms with Crippen LogP contribution in [0.3, 0.4) is 0 Å². The van der Waals surface area contributed by atoms with Crippen molar-refractivity contribution in [3.05, 3.63) is 71.3 Å². The van der Waals surface area contributed by atoms with E-state index in [4.69, 9.17) is 4.74 Å². The van der Waals surface area contributed by atoms with Crippen LogP contribution in [0.4, 0.5) is 8.78 Å². The van der Waals surface area contributed by atoms with Crippen LogP contribution in [-0.2, 0) is 22.6 Å². The van der Waals surface area contributed by atoms with Crippen LogP contribution < -0.4 is 10.1 Å². The number of ether oxygens (including phenoxy) is 2. The van der Waals surface area contributed by atoms with E-state index in [1.54, 1.807) is 18.2 Å². The average molecular weight is 430 g/mol. The summed E-state index contributed by atoms with van der Waals surface area (Å²) in [5, 5.41) is 2.80. The predicted molar refractivity (Wildman–Crippen MR) is 116 cm³/mol. The Morgan fingerprint density at radius 3 is 2.45 bits per heavy atom. The number of nitrogens with one attached hydrogen (secondary N) is 1. The molecule has 0 aliphatic carbocycles. The number of para-hydroxylation sites is 1. The summed E-state index contributed by atoms with van der Waals surface area (Å²) in [5.74, 6) is -0.284. The average Bonchev–Trinajstić information content (AvgIpc) is 2.71. The fourth-order valence-corrected chi connectivity index (χ4v) is 3.67. The predicted octanol–water partition coefficient (Wildman–Crippen LogP) is 4.23. The minimum Gasteiger partial charge on any atom is -0.434 e. The van der Waals surface area contributed by atoms with Gasteiger partial charge in [-0.2, -0.15) is 8.78 Å². The Kier molecular flexibility index (Phi) is 8.14. The summed E-state index contributed by atoms with van der Waals surface area (Å²) in [6.07, 6.45) is 3.24. The van der Waals surface area contributed by atoms with Crippen LogP contribution in [0.2, 0.25) is 0 Å². The van der Waals surface area contributed by atoms with E-state index in [1.165, 1.54) is 23.8 Å². The quantitative estimate of drug-likeness (QED) is 0.637. The first-order valence-corrected chi connectivity index (χ1v) is 10.3. The van der Waals surface area contributed by atoms with Gasteiger partial charge in [0, 0.05) is 37.8 Å². The molecular formula is C24H28F2N2O3. The molecule has 2 aromatic carbocycles. The minimum absolute atomic E-state index is 0.0289. The molecule has 5 nitrogen and oxygen atoms in total. The smallest absolute Gasteiger partial charge is 0.387 e. The van der Waals surface area contributed by atoms with Gasteiger partial charge in [-0.05, 0) is 37.1 Å². The van der Waals surface area contributed by atoms with E-state index in [2.05, 4.69) is 40.9 Å². The second-order valence-corrected chi connectivity index (χ2v) is 7.74. The molecule has 0 saturated carbocycles. The largest absolute Gasteiger partial charge is 0.434 e. The fourth-order valence-electron chi connectivity index (χ4n) is 3.67. The molecule has 7 heteroatoms. The highest BCUT2D eigenvalue weighted by Crippen LogP contribution is 2.21. The summed E-state index contributed by atoms with van der Waals surface area (Å²) < 4.78 is 35.2. The highest BCUT2D eigenvalue weighted by molar-refractivity contribution is 5.92. The van der Waals surface area contributed by atoms with Crippen LogP contribution in [0.5, 0.6) is 5.75 Å². The van der Waals surface area contributed by atoms with Gasteiger partial charge in [0.2, 0.25) is 5.91 Å². The van der Waals surface area contributed by atoms with E-state index < -0.39 is 6.61 Å². The standard InChI is InChI=1S/C24H28F2N2O3/c1-17-14-28(15-18(2)30-17)16-20-9-7-19(8-10-20)13-27-23(29)12-11-21-5-3-4-6-22(21)31-24(25)26/h3-12,17-18,24H,13-16H2,1-2H3,(H,27,29)/b12-11+. The van der Waals surface area contributed by atoms with Crippen LogP contribution in [0.1, 0.15) is 30.5 Å². The maximum absolute atomic E-state index is 12.5. The molecule has 1 aliphatic rings. The van der Waals surface area contributed by atoms with E-state index in [0.717, 1.165) is 25.2 Å². The number of alkyl halides is 2. The first-order chi connectivity index (χ1) is 14.9. The third-order valence-electron chi connectivity index (χ3n) is 4.94. The highest BCUT2D eigenvalue weighted by atomic mass is 19.3. The van der Waals surface area contributed by atoms with Crippen molar-refractivity contribution in [3.63, 3.8) is 0 Å². The Hall–Kier alpha value is -2.77. The SMILES string of the molecule is CC1CN(Cc2ccc(CNC(=O)/C=C/c3ccccc3OC(F)F)cc2)CC(C)O1. The second-order valence-electron chi connectivity index (χ2n) is 7.74. The number of halogens is 2. The van der Waals surface area contributed by atoms with Crippen molar-refractivity contribution >= 4 is 12.0 Å². The number of hydrogen-bond donors (Lipinski definition) is 1. The Morgan fingerprint density at radius 2 is 1.77 bits per heavy atom. The number of morpholine rings is 1. The van der Waals surface area contributed by atoms with Gasteiger partial charge in [-0.15, -0.1) is 0 Å². The summed E-state index contributed by atoms with van der Waals surface area (Å²) in [6, 6.07) is 14.5. The lowest BCUT2D eigenvalue weighted by Crippen LogP contribution is -2.44. The molecular weight excluding hydrogens is 402 g/mol. The van der Waals surface area contributed by atoms with E-state index >= 15 is 0 Å². The van der Waals surface area contributed by atoms with Crippen LogP contribution >= 0.6 is 0 Å². The van der Waals surface area contributed by atoms with Crippen molar-refractivity contribution in [2.24, 2.45) is 0 Å². The molecule has 2 atom stereocenters. The number of rotatable bonds is 8. The molecule has 2 unspecified atom stereocenters. The van der Waals surface area contributed by atoms with E-state index in [-0.39, 0.29) is 23.9 Å². The summed E-state index contributed by atoms with van der Waals surface area (Å²) in [6.45, 7) is 4.35. The number of benzene rings is 2. The maximum Gasteiger partial charge on any atom is 0.387 e. The molecule has 1 N–H and O–H groups in total. The van der Waals surface area contributed by atoms with Crippen molar-refractivity contribution in [1.29, 1.82) is 0 Å². The molecule has 0 spiro atoms. The summed E-state index contributed by atoms with van der Waals surface area (Å²) in [7, 11) is 0. The number of hydrogen-bond acceptors (Lipinski definition) is 4. The third kappa shape index (κ3) is 7.45. The van der Waals surface area contributed by atoms with Gasteiger partial charge in [-0.25, -0.2) is 0 Å². The number of carbonyl (C=O) groups excluding carboxylic acids is 1. The van der Waals surface area contributed by atoms with Crippen LogP contribution in [0.15, 0.2) is 54.6 Å². The normalized spacial score (nSPS) is 19.6. The van der Waals surface area contributed by atoms with Crippen LogP contribution in [-0.4, -0.2) is 42.7 Å². The van der Waals surface area contributed by atoms with Crippen molar-refractivity contribution in [2.75, 3.05) is 13.1 Å². The van der Waals surface area contributed by atoms with Gasteiger partial charge in [0.25, 0.3) is 0 Å². The van der Waals surface area contributed by atoms with Gasteiger partial charge in [0.05, 0.1) is 12.2 Å². The monoisotopic (exact) mass is 430 g/mol. The molecule has 1 aliphatic heterocycles. The molecule has 1 amide bonds. The molecule has 0 radical (unpaired) electrons. The van der Waals surface area contributed by atoms with E-state index in [0.29, 0.717) is 12.1 Å². The Balaban J connectivity index is 1.49. The van der Waals surface area contributed by atoms with Gasteiger partial charge in [-0.3, -0.25) is 9.69 Å². The van der Waals surface area contributed by atoms with Crippen molar-refractivity contribution in [1.82, 2.24) is 10.2 Å². The molecule has 0 aromatic heterocycles. The molecule has 0 bridgehead atoms. The molecule has 2 aromatic rings. The molecule has 166 valence electrons. The van der Waals surface area contributed by atoms with Gasteiger partial charge in [0.15, 0.2) is 0 Å². The summed E-state index contributed by atoms with van der Waals surface area (Å²) >= 11 is 0. The first kappa shape index (κ1) is 22.9. The minimum atomic E-state index is -2.92. The zero-order chi connectivity index (χ0) is 22.2. The van der Waals surface area contributed by atoms with Gasteiger partial charge in [0.1, 0.15) is 5.75 Å². The molecule has 1 saturated heterocycles. The van der Waals surface area contributed by atoms with Crippen molar-refractivity contribution in [3.8, 4) is 5.75 Å². The first-order valence-electron chi connectivity index (χ1n) is 10.3. The van der Waals surface area contributed by atoms with Gasteiger partial charge in [-0.1, -0.05) is 42.5 Å². The maximum atomic E-state index is 12.5. The van der Waals surface area contributed by atoms with Gasteiger partial charge >= 0.3 is 6.61 Å². The van der Waals surface area contributed by atoms with Crippen molar-refractivity contribution in [2.45, 2.75) is 45.8 Å². The topological polar surface area (TPSA) is 50.8 Å². The Morgan fingerprint density at radius 1 is 1.13 bits per heavy atom. The number of carbonyl (C=O) groups is 1. The summed E-state index contributed by atoms with van der Waals surface area (Å²) in [4.78, 5) is 14.5. The summed E-state index contributed by atoms with van der Waals surface area (Å²) in [5.41, 5.74) is 2.61. The zero-order valence-electron chi connectivity index (χ0n) is 17.8. The number of amides is 1. The molecule has 31 heavy (non-hydrogen) atoms. The number of nitrogens with zero attached hydrogens (tertiary/aromatic N) is 1. The highest BCUT2D eigenvalue weighted by Gasteiger charge is 2.21. The lowest BCUT2D eigenvalue weighted by molar-refractivity contribution is -0.116. The van der Waals surface area contributed by atoms with E-state index in [1.807, 2.05) is 12.1 Å².